The summed E-state index contributed by atoms with van der Waals surface area (Å²) in [5.74, 6) is -1.12. The molecule has 5 nitrogen and oxygen atoms in total. The first-order chi connectivity index (χ1) is 8.24. The van der Waals surface area contributed by atoms with E-state index in [0.717, 1.165) is 6.20 Å². The van der Waals surface area contributed by atoms with Crippen LogP contribution in [0.25, 0.3) is 0 Å². The van der Waals surface area contributed by atoms with E-state index in [1.807, 2.05) is 6.07 Å². The highest BCUT2D eigenvalue weighted by molar-refractivity contribution is 5.94. The Morgan fingerprint density at radius 1 is 1.71 bits per heavy atom. The zero-order chi connectivity index (χ0) is 12.3. The molecule has 1 saturated heterocycles. The summed E-state index contributed by atoms with van der Waals surface area (Å²) in [5, 5.41) is 12.0. The molecule has 0 spiro atoms. The standard InChI is InChI=1S/C11H11FN4O/c12-10-7-14-2-1-9(10)11(17)16-4-3-15-6-8(16)5-13/h1-2,7-8,15H,3-4,6H2. The number of hydrogen-bond acceptors (Lipinski definition) is 4. The predicted molar refractivity (Wildman–Crippen MR) is 57.5 cm³/mol. The molecule has 1 aliphatic rings. The maximum atomic E-state index is 13.4. The fourth-order valence-corrected chi connectivity index (χ4v) is 1.77. The Morgan fingerprint density at radius 2 is 2.53 bits per heavy atom. The molecule has 6 heteroatoms. The van der Waals surface area contributed by atoms with Gasteiger partial charge in [-0.05, 0) is 6.07 Å². The third-order valence-electron chi connectivity index (χ3n) is 2.66. The van der Waals surface area contributed by atoms with E-state index < -0.39 is 17.8 Å². The van der Waals surface area contributed by atoms with Gasteiger partial charge in [0.15, 0.2) is 5.82 Å². The molecular formula is C11H11FN4O. The Balaban J connectivity index is 2.25. The highest BCUT2D eigenvalue weighted by atomic mass is 19.1. The predicted octanol–water partition coefficient (Wildman–Crippen LogP) is 0.158. The highest BCUT2D eigenvalue weighted by Crippen LogP contribution is 2.12. The van der Waals surface area contributed by atoms with Crippen molar-refractivity contribution >= 4 is 5.91 Å². The van der Waals surface area contributed by atoms with Gasteiger partial charge in [0.05, 0.1) is 17.8 Å². The van der Waals surface area contributed by atoms with E-state index in [2.05, 4.69) is 10.3 Å². The third-order valence-corrected chi connectivity index (χ3v) is 2.66. The first kappa shape index (κ1) is 11.5. The number of rotatable bonds is 1. The van der Waals surface area contributed by atoms with Gasteiger partial charge < -0.3 is 10.2 Å². The monoisotopic (exact) mass is 234 g/mol. The van der Waals surface area contributed by atoms with Crippen molar-refractivity contribution in [3.05, 3.63) is 29.8 Å². The minimum atomic E-state index is -0.660. The van der Waals surface area contributed by atoms with Gasteiger partial charge in [0, 0.05) is 25.8 Å². The van der Waals surface area contributed by atoms with Crippen molar-refractivity contribution in [2.45, 2.75) is 6.04 Å². The lowest BCUT2D eigenvalue weighted by Gasteiger charge is -2.32. The summed E-state index contributed by atoms with van der Waals surface area (Å²) < 4.78 is 13.4. The van der Waals surface area contributed by atoms with Gasteiger partial charge in [-0.15, -0.1) is 0 Å². The van der Waals surface area contributed by atoms with Gasteiger partial charge in [0.1, 0.15) is 6.04 Å². The molecule has 1 aliphatic heterocycles. The SMILES string of the molecule is N#CC1CNCCN1C(=O)c1ccncc1F. The number of amides is 1. The number of nitrogens with one attached hydrogen (secondary N) is 1. The van der Waals surface area contributed by atoms with Crippen LogP contribution in [0.2, 0.25) is 0 Å². The fourth-order valence-electron chi connectivity index (χ4n) is 1.77. The molecule has 0 aliphatic carbocycles. The first-order valence-corrected chi connectivity index (χ1v) is 5.25. The normalized spacial score (nSPS) is 19.8. The fraction of sp³-hybridized carbons (Fsp3) is 0.364. The maximum absolute atomic E-state index is 13.4. The zero-order valence-corrected chi connectivity index (χ0v) is 9.06. The van der Waals surface area contributed by atoms with E-state index in [0.29, 0.717) is 19.6 Å². The molecular weight excluding hydrogens is 223 g/mol. The lowest BCUT2D eigenvalue weighted by atomic mass is 10.1. The van der Waals surface area contributed by atoms with E-state index in [9.17, 15) is 9.18 Å². The molecule has 0 bridgehead atoms. The molecule has 1 aromatic rings. The number of carbonyl (C=O) groups is 1. The van der Waals surface area contributed by atoms with E-state index in [1.54, 1.807) is 0 Å². The van der Waals surface area contributed by atoms with Crippen LogP contribution in [0.3, 0.4) is 0 Å². The number of halogens is 1. The second-order valence-electron chi connectivity index (χ2n) is 3.70. The quantitative estimate of drug-likeness (QED) is 0.751. The molecule has 1 N–H and O–H groups in total. The Labute approximate surface area is 97.9 Å². The largest absolute Gasteiger partial charge is 0.320 e. The summed E-state index contributed by atoms with van der Waals surface area (Å²) >= 11 is 0. The van der Waals surface area contributed by atoms with Crippen molar-refractivity contribution in [2.75, 3.05) is 19.6 Å². The van der Waals surface area contributed by atoms with Crippen LogP contribution in [-0.4, -0.2) is 41.5 Å². The Hall–Kier alpha value is -2.00. The van der Waals surface area contributed by atoms with Gasteiger partial charge >= 0.3 is 0 Å². The Morgan fingerprint density at radius 3 is 3.24 bits per heavy atom. The van der Waals surface area contributed by atoms with E-state index in [1.165, 1.54) is 17.2 Å². The molecule has 17 heavy (non-hydrogen) atoms. The summed E-state index contributed by atoms with van der Waals surface area (Å²) in [7, 11) is 0. The molecule has 88 valence electrons. The summed E-state index contributed by atoms with van der Waals surface area (Å²) in [6, 6.07) is 2.80. The molecule has 1 fully saturated rings. The van der Waals surface area contributed by atoms with Crippen molar-refractivity contribution in [3.63, 3.8) is 0 Å². The van der Waals surface area contributed by atoms with E-state index >= 15 is 0 Å². The number of piperazine rings is 1. The van der Waals surface area contributed by atoms with Gasteiger partial charge in [0.25, 0.3) is 5.91 Å². The van der Waals surface area contributed by atoms with Crippen LogP contribution in [0.5, 0.6) is 0 Å². The lowest BCUT2D eigenvalue weighted by Crippen LogP contribution is -2.53. The van der Waals surface area contributed by atoms with Crippen molar-refractivity contribution < 1.29 is 9.18 Å². The number of hydrogen-bond donors (Lipinski definition) is 1. The van der Waals surface area contributed by atoms with Crippen LogP contribution < -0.4 is 5.32 Å². The molecule has 1 atom stereocenters. The molecule has 1 unspecified atom stereocenters. The molecule has 1 amide bonds. The topological polar surface area (TPSA) is 69.0 Å². The third kappa shape index (κ3) is 2.24. The summed E-state index contributed by atoms with van der Waals surface area (Å²) in [5.41, 5.74) is -0.0397. The van der Waals surface area contributed by atoms with Crippen LogP contribution in [0, 0.1) is 17.1 Å². The van der Waals surface area contributed by atoms with E-state index in [4.69, 9.17) is 5.26 Å². The molecule has 0 aromatic carbocycles. The van der Waals surface area contributed by atoms with Crippen molar-refractivity contribution in [3.8, 4) is 6.07 Å². The molecule has 0 radical (unpaired) electrons. The molecule has 0 saturated carbocycles. The maximum Gasteiger partial charge on any atom is 0.258 e. The average Bonchev–Trinajstić information content (AvgIpc) is 2.38. The number of nitriles is 1. The van der Waals surface area contributed by atoms with Gasteiger partial charge in [0.2, 0.25) is 0 Å². The van der Waals surface area contributed by atoms with Crippen molar-refractivity contribution in [1.82, 2.24) is 15.2 Å². The molecule has 1 aromatic heterocycles. The minimum Gasteiger partial charge on any atom is -0.320 e. The van der Waals surface area contributed by atoms with Gasteiger partial charge in [-0.3, -0.25) is 9.78 Å². The Bertz CT molecular complexity index is 471. The average molecular weight is 234 g/mol. The van der Waals surface area contributed by atoms with Crippen LogP contribution in [0.1, 0.15) is 10.4 Å². The van der Waals surface area contributed by atoms with Crippen LogP contribution in [0.4, 0.5) is 4.39 Å². The number of pyridine rings is 1. The number of carbonyl (C=O) groups excluding carboxylic acids is 1. The van der Waals surface area contributed by atoms with Crippen molar-refractivity contribution in [2.24, 2.45) is 0 Å². The van der Waals surface area contributed by atoms with Gasteiger partial charge in [-0.1, -0.05) is 0 Å². The van der Waals surface area contributed by atoms with Crippen molar-refractivity contribution in [1.29, 1.82) is 5.26 Å². The van der Waals surface area contributed by atoms with Gasteiger partial charge in [-0.25, -0.2) is 4.39 Å². The summed E-state index contributed by atoms with van der Waals surface area (Å²) in [6.45, 7) is 1.42. The number of aromatic nitrogens is 1. The van der Waals surface area contributed by atoms with E-state index in [-0.39, 0.29) is 5.56 Å². The van der Waals surface area contributed by atoms with Crippen LogP contribution >= 0.6 is 0 Å². The second kappa shape index (κ2) is 4.89. The van der Waals surface area contributed by atoms with Crippen LogP contribution in [-0.2, 0) is 0 Å². The second-order valence-corrected chi connectivity index (χ2v) is 3.70. The van der Waals surface area contributed by atoms with Crippen LogP contribution in [0.15, 0.2) is 18.5 Å². The summed E-state index contributed by atoms with van der Waals surface area (Å²) in [4.78, 5) is 17.0. The molecule has 2 rings (SSSR count). The highest BCUT2D eigenvalue weighted by Gasteiger charge is 2.28. The number of nitrogens with zero attached hydrogens (tertiary/aromatic N) is 3. The summed E-state index contributed by atoms with van der Waals surface area (Å²) in [6.07, 6.45) is 2.36. The zero-order valence-electron chi connectivity index (χ0n) is 9.06. The Kier molecular flexibility index (Phi) is 3.30. The minimum absolute atomic E-state index is 0.0397. The molecule has 2 heterocycles. The van der Waals surface area contributed by atoms with Gasteiger partial charge in [-0.2, -0.15) is 5.26 Å². The lowest BCUT2D eigenvalue weighted by molar-refractivity contribution is 0.0682. The smallest absolute Gasteiger partial charge is 0.258 e. The first-order valence-electron chi connectivity index (χ1n) is 5.25.